The molecule has 0 saturated carbocycles. The lowest BCUT2D eigenvalue weighted by Gasteiger charge is -2.13. The van der Waals surface area contributed by atoms with Gasteiger partial charge in [0.25, 0.3) is 10.0 Å². The first-order valence-corrected chi connectivity index (χ1v) is 9.93. The number of anilines is 2. The smallest absolute Gasteiger partial charge is 0.266 e. The molecule has 0 spiro atoms. The second-order valence-corrected chi connectivity index (χ2v) is 7.79. The molecule has 1 aromatic carbocycles. The summed E-state index contributed by atoms with van der Waals surface area (Å²) in [4.78, 5) is 6.29. The Hall–Kier alpha value is -2.52. The fourth-order valence-electron chi connectivity index (χ4n) is 2.38. The van der Waals surface area contributed by atoms with Crippen molar-refractivity contribution in [2.45, 2.75) is 11.3 Å². The summed E-state index contributed by atoms with van der Waals surface area (Å²) in [5, 5.41) is 3.25. The Balaban J connectivity index is 2.05. The summed E-state index contributed by atoms with van der Waals surface area (Å²) in [6.07, 6.45) is 2.59. The second-order valence-electron chi connectivity index (χ2n) is 6.14. The maximum atomic E-state index is 12.6. The van der Waals surface area contributed by atoms with Crippen molar-refractivity contribution in [3.8, 4) is 11.5 Å². The highest BCUT2D eigenvalue weighted by Gasteiger charge is 2.20. The van der Waals surface area contributed by atoms with Crippen LogP contribution in [0.15, 0.2) is 41.4 Å². The van der Waals surface area contributed by atoms with Gasteiger partial charge in [-0.05, 0) is 51.3 Å². The van der Waals surface area contributed by atoms with Crippen LogP contribution in [0.3, 0.4) is 0 Å². The third kappa shape index (κ3) is 6.00. The van der Waals surface area contributed by atoms with Crippen molar-refractivity contribution >= 4 is 21.5 Å². The molecule has 1 aromatic heterocycles. The van der Waals surface area contributed by atoms with E-state index in [-0.39, 0.29) is 16.5 Å². The molecule has 0 fully saturated rings. The lowest BCUT2D eigenvalue weighted by molar-refractivity contribution is 0.386. The maximum absolute atomic E-state index is 12.6. The molecule has 0 amide bonds. The van der Waals surface area contributed by atoms with Crippen LogP contribution in [0.2, 0.25) is 0 Å². The van der Waals surface area contributed by atoms with Crippen molar-refractivity contribution in [3.63, 3.8) is 0 Å². The molecule has 2 aromatic rings. The molecule has 2 N–H and O–H groups in total. The van der Waals surface area contributed by atoms with Gasteiger partial charge in [0.05, 0.1) is 26.1 Å². The van der Waals surface area contributed by atoms with Crippen LogP contribution in [-0.2, 0) is 10.0 Å². The van der Waals surface area contributed by atoms with Crippen molar-refractivity contribution in [3.05, 3.63) is 36.5 Å². The lowest BCUT2D eigenvalue weighted by atomic mass is 10.3. The van der Waals surface area contributed by atoms with E-state index >= 15 is 0 Å². The summed E-state index contributed by atoms with van der Waals surface area (Å²) < 4.78 is 38.0. The fourth-order valence-corrected chi connectivity index (χ4v) is 3.54. The van der Waals surface area contributed by atoms with Gasteiger partial charge < -0.3 is 19.7 Å². The van der Waals surface area contributed by atoms with E-state index in [4.69, 9.17) is 9.47 Å². The number of nitrogens with one attached hydrogen (secondary N) is 2. The average molecular weight is 394 g/mol. The Bertz CT molecular complexity index is 839. The zero-order valence-electron chi connectivity index (χ0n) is 16.0. The third-order valence-electron chi connectivity index (χ3n) is 3.77. The number of hydrogen-bond acceptors (Lipinski definition) is 7. The van der Waals surface area contributed by atoms with Crippen LogP contribution in [0.1, 0.15) is 6.42 Å². The number of aromatic nitrogens is 1. The van der Waals surface area contributed by atoms with E-state index in [1.807, 2.05) is 14.1 Å². The molecular formula is C18H26N4O4S. The molecule has 9 heteroatoms. The van der Waals surface area contributed by atoms with Crippen LogP contribution in [0.4, 0.5) is 11.5 Å². The molecule has 2 rings (SSSR count). The van der Waals surface area contributed by atoms with Gasteiger partial charge in [0, 0.05) is 12.6 Å². The van der Waals surface area contributed by atoms with Gasteiger partial charge >= 0.3 is 0 Å². The number of rotatable bonds is 10. The minimum absolute atomic E-state index is 0.0125. The number of sulfonamides is 1. The molecular weight excluding hydrogens is 368 g/mol. The average Bonchev–Trinajstić information content (AvgIpc) is 2.65. The highest BCUT2D eigenvalue weighted by atomic mass is 32.2. The molecule has 0 unspecified atom stereocenters. The largest absolute Gasteiger partial charge is 0.497 e. The standard InChI is InChI=1S/C18H26N4O4S/c1-22(2)11-5-10-19-14-6-9-18(20-13-14)21-27(23,24)17-8-7-15(25-3)12-16(17)26-4/h6-9,12-13,19H,5,10-11H2,1-4H3,(H,20,21). The number of pyridine rings is 1. The number of benzene rings is 1. The van der Waals surface area contributed by atoms with Crippen LogP contribution in [-0.4, -0.2) is 59.7 Å². The first-order valence-electron chi connectivity index (χ1n) is 8.45. The predicted molar refractivity (Wildman–Crippen MR) is 106 cm³/mol. The monoisotopic (exact) mass is 394 g/mol. The van der Waals surface area contributed by atoms with Crippen LogP contribution in [0.5, 0.6) is 11.5 Å². The van der Waals surface area contributed by atoms with E-state index in [0.29, 0.717) is 5.75 Å². The van der Waals surface area contributed by atoms with Gasteiger partial charge in [-0.1, -0.05) is 0 Å². The summed E-state index contributed by atoms with van der Waals surface area (Å²) in [5.74, 6) is 0.932. The Kier molecular flexibility index (Phi) is 7.26. The molecule has 8 nitrogen and oxygen atoms in total. The molecule has 0 bridgehead atoms. The Morgan fingerprint density at radius 1 is 1.11 bits per heavy atom. The van der Waals surface area contributed by atoms with Crippen LogP contribution in [0.25, 0.3) is 0 Å². The number of ether oxygens (including phenoxy) is 2. The van der Waals surface area contributed by atoms with Gasteiger partial charge in [0.2, 0.25) is 0 Å². The number of methoxy groups -OCH3 is 2. The third-order valence-corrected chi connectivity index (χ3v) is 5.17. The predicted octanol–water partition coefficient (Wildman–Crippen LogP) is 2.26. The zero-order valence-corrected chi connectivity index (χ0v) is 16.8. The normalized spacial score (nSPS) is 11.3. The van der Waals surface area contributed by atoms with Crippen molar-refractivity contribution in [1.29, 1.82) is 0 Å². The molecule has 0 atom stereocenters. The summed E-state index contributed by atoms with van der Waals surface area (Å²) in [6, 6.07) is 7.91. The van der Waals surface area contributed by atoms with E-state index in [9.17, 15) is 8.42 Å². The highest BCUT2D eigenvalue weighted by Crippen LogP contribution is 2.29. The first-order chi connectivity index (χ1) is 12.9. The topological polar surface area (TPSA) is 92.8 Å². The molecule has 0 aliphatic heterocycles. The summed E-state index contributed by atoms with van der Waals surface area (Å²) in [7, 11) is 3.12. The highest BCUT2D eigenvalue weighted by molar-refractivity contribution is 7.92. The summed E-state index contributed by atoms with van der Waals surface area (Å²) >= 11 is 0. The van der Waals surface area contributed by atoms with Crippen LogP contribution in [0, 0.1) is 0 Å². The molecule has 0 saturated heterocycles. The molecule has 0 aliphatic rings. The van der Waals surface area contributed by atoms with E-state index < -0.39 is 10.0 Å². The second kappa shape index (κ2) is 9.43. The van der Waals surface area contributed by atoms with Crippen molar-refractivity contribution in [1.82, 2.24) is 9.88 Å². The van der Waals surface area contributed by atoms with Crippen LogP contribution < -0.4 is 19.5 Å². The summed E-state index contributed by atoms with van der Waals surface area (Å²) in [6.45, 7) is 1.80. The van der Waals surface area contributed by atoms with Gasteiger partial charge in [-0.25, -0.2) is 13.4 Å². The van der Waals surface area contributed by atoms with Gasteiger partial charge in [0.15, 0.2) is 0 Å². The maximum Gasteiger partial charge on any atom is 0.266 e. The van der Waals surface area contributed by atoms with Crippen LogP contribution >= 0.6 is 0 Å². The Morgan fingerprint density at radius 3 is 2.48 bits per heavy atom. The fraction of sp³-hybridized carbons (Fsp3) is 0.389. The van der Waals surface area contributed by atoms with E-state index in [2.05, 4.69) is 19.9 Å². The Labute approximate surface area is 160 Å². The first kappa shape index (κ1) is 20.8. The number of nitrogens with zero attached hydrogens (tertiary/aromatic N) is 2. The Morgan fingerprint density at radius 2 is 1.89 bits per heavy atom. The van der Waals surface area contributed by atoms with Crippen molar-refractivity contribution in [2.24, 2.45) is 0 Å². The van der Waals surface area contributed by atoms with E-state index in [1.54, 1.807) is 24.4 Å². The van der Waals surface area contributed by atoms with E-state index in [1.165, 1.54) is 26.4 Å². The van der Waals surface area contributed by atoms with Gasteiger partial charge in [-0.2, -0.15) is 0 Å². The lowest BCUT2D eigenvalue weighted by Crippen LogP contribution is -2.16. The van der Waals surface area contributed by atoms with Gasteiger partial charge in [0.1, 0.15) is 22.2 Å². The SMILES string of the molecule is COc1ccc(S(=O)(=O)Nc2ccc(NCCCN(C)C)cn2)c(OC)c1. The molecule has 1 heterocycles. The summed E-state index contributed by atoms with van der Waals surface area (Å²) in [5.41, 5.74) is 0.832. The van der Waals surface area contributed by atoms with E-state index in [0.717, 1.165) is 25.2 Å². The molecule has 148 valence electrons. The van der Waals surface area contributed by atoms with Crippen molar-refractivity contribution in [2.75, 3.05) is 51.4 Å². The molecule has 0 aliphatic carbocycles. The van der Waals surface area contributed by atoms with Gasteiger partial charge in [-0.15, -0.1) is 0 Å². The molecule has 0 radical (unpaired) electrons. The van der Waals surface area contributed by atoms with Gasteiger partial charge in [-0.3, -0.25) is 4.72 Å². The van der Waals surface area contributed by atoms with Crippen molar-refractivity contribution < 1.29 is 17.9 Å². The molecule has 27 heavy (non-hydrogen) atoms. The quantitative estimate of drug-likeness (QED) is 0.597. The minimum Gasteiger partial charge on any atom is -0.497 e. The number of hydrogen-bond donors (Lipinski definition) is 2. The minimum atomic E-state index is -3.84. The zero-order chi connectivity index (χ0) is 19.9.